The molecule has 0 aliphatic rings. The van der Waals surface area contributed by atoms with Crippen LogP contribution in [0.1, 0.15) is 17.3 Å². The van der Waals surface area contributed by atoms with Gasteiger partial charge in [-0.15, -0.1) is 0 Å². The average molecular weight is 353 g/mol. The standard InChI is InChI=1S/C20H19NO5/c1-4-26-20(23)15-12-21(16-8-6-5-7-14(16)19(15)22)13-9-10-17(24-2)18(11-13)25-3/h5-12H,4H2,1-3H3. The van der Waals surface area contributed by atoms with Gasteiger partial charge in [0, 0.05) is 23.3 Å². The van der Waals surface area contributed by atoms with Gasteiger partial charge < -0.3 is 18.8 Å². The van der Waals surface area contributed by atoms with E-state index in [1.165, 1.54) is 6.20 Å². The summed E-state index contributed by atoms with van der Waals surface area (Å²) < 4.78 is 17.4. The van der Waals surface area contributed by atoms with Crippen LogP contribution in [0.3, 0.4) is 0 Å². The minimum Gasteiger partial charge on any atom is -0.493 e. The van der Waals surface area contributed by atoms with Crippen molar-refractivity contribution in [1.82, 2.24) is 4.57 Å². The number of benzene rings is 2. The highest BCUT2D eigenvalue weighted by Crippen LogP contribution is 2.30. The molecule has 6 nitrogen and oxygen atoms in total. The molecule has 3 rings (SSSR count). The molecule has 1 aromatic heterocycles. The summed E-state index contributed by atoms with van der Waals surface area (Å²) in [7, 11) is 3.11. The highest BCUT2D eigenvalue weighted by molar-refractivity contribution is 5.94. The Bertz CT molecular complexity index is 1020. The summed E-state index contributed by atoms with van der Waals surface area (Å²) in [4.78, 5) is 24.9. The Kier molecular flexibility index (Phi) is 4.93. The van der Waals surface area contributed by atoms with Crippen molar-refractivity contribution in [2.75, 3.05) is 20.8 Å². The molecule has 6 heteroatoms. The number of hydrogen-bond acceptors (Lipinski definition) is 5. The Balaban J connectivity index is 2.30. The van der Waals surface area contributed by atoms with E-state index >= 15 is 0 Å². The van der Waals surface area contributed by atoms with E-state index in [0.717, 1.165) is 5.69 Å². The minimum absolute atomic E-state index is 0.0136. The molecule has 0 saturated carbocycles. The molecule has 3 aromatic rings. The van der Waals surface area contributed by atoms with Crippen LogP contribution >= 0.6 is 0 Å². The summed E-state index contributed by atoms with van der Waals surface area (Å²) in [6.07, 6.45) is 1.50. The highest BCUT2D eigenvalue weighted by Gasteiger charge is 2.17. The number of methoxy groups -OCH3 is 2. The third-order valence-corrected chi connectivity index (χ3v) is 4.05. The average Bonchev–Trinajstić information content (AvgIpc) is 2.68. The molecule has 0 radical (unpaired) electrons. The molecule has 0 fully saturated rings. The van der Waals surface area contributed by atoms with Gasteiger partial charge in [-0.3, -0.25) is 4.79 Å². The quantitative estimate of drug-likeness (QED) is 0.659. The smallest absolute Gasteiger partial charge is 0.343 e. The maximum atomic E-state index is 12.7. The molecule has 134 valence electrons. The van der Waals surface area contributed by atoms with Gasteiger partial charge in [0.1, 0.15) is 5.56 Å². The van der Waals surface area contributed by atoms with E-state index in [9.17, 15) is 9.59 Å². The van der Waals surface area contributed by atoms with Crippen LogP contribution in [-0.4, -0.2) is 31.4 Å². The molecular formula is C20H19NO5. The van der Waals surface area contributed by atoms with Gasteiger partial charge in [-0.05, 0) is 31.2 Å². The number of ether oxygens (including phenoxy) is 3. The van der Waals surface area contributed by atoms with Gasteiger partial charge in [0.15, 0.2) is 11.5 Å². The molecule has 26 heavy (non-hydrogen) atoms. The summed E-state index contributed by atoms with van der Waals surface area (Å²) in [6, 6.07) is 12.5. The number of pyridine rings is 1. The Labute approximate surface area is 150 Å². The zero-order chi connectivity index (χ0) is 18.7. The Morgan fingerprint density at radius 2 is 1.77 bits per heavy atom. The Morgan fingerprint density at radius 3 is 2.46 bits per heavy atom. The van der Waals surface area contributed by atoms with Crippen LogP contribution in [0.15, 0.2) is 53.5 Å². The number of fused-ring (bicyclic) bond motifs is 1. The summed E-state index contributed by atoms with van der Waals surface area (Å²) in [5.41, 5.74) is 1.04. The third kappa shape index (κ3) is 3.01. The van der Waals surface area contributed by atoms with Crippen LogP contribution < -0.4 is 14.9 Å². The fourth-order valence-electron chi connectivity index (χ4n) is 2.82. The van der Waals surface area contributed by atoms with Gasteiger partial charge >= 0.3 is 5.97 Å². The molecule has 0 amide bonds. The van der Waals surface area contributed by atoms with Gasteiger partial charge in [-0.2, -0.15) is 0 Å². The van der Waals surface area contributed by atoms with Crippen molar-refractivity contribution in [2.45, 2.75) is 6.92 Å². The van der Waals surface area contributed by atoms with E-state index in [1.807, 2.05) is 18.2 Å². The zero-order valence-electron chi connectivity index (χ0n) is 14.8. The summed E-state index contributed by atoms with van der Waals surface area (Å²) >= 11 is 0. The van der Waals surface area contributed by atoms with Crippen LogP contribution in [0.25, 0.3) is 16.6 Å². The number of carbonyl (C=O) groups is 1. The number of hydrogen-bond donors (Lipinski definition) is 0. The summed E-state index contributed by atoms with van der Waals surface area (Å²) in [6.45, 7) is 1.90. The molecule has 0 N–H and O–H groups in total. The van der Waals surface area contributed by atoms with Crippen LogP contribution in [0.4, 0.5) is 0 Å². The lowest BCUT2D eigenvalue weighted by atomic mass is 10.1. The van der Waals surface area contributed by atoms with E-state index in [4.69, 9.17) is 14.2 Å². The molecule has 0 saturated heterocycles. The number of para-hydroxylation sites is 1. The predicted octanol–water partition coefficient (Wildman–Crippen LogP) is 3.18. The van der Waals surface area contributed by atoms with Crippen molar-refractivity contribution in [3.05, 3.63) is 64.4 Å². The van der Waals surface area contributed by atoms with E-state index in [1.54, 1.807) is 50.0 Å². The predicted molar refractivity (Wildman–Crippen MR) is 98.6 cm³/mol. The monoisotopic (exact) mass is 353 g/mol. The minimum atomic E-state index is -0.641. The molecule has 0 unspecified atom stereocenters. The molecule has 0 aliphatic heterocycles. The largest absolute Gasteiger partial charge is 0.493 e. The number of carbonyl (C=O) groups excluding carboxylic acids is 1. The Morgan fingerprint density at radius 1 is 1.04 bits per heavy atom. The first-order valence-corrected chi connectivity index (χ1v) is 8.14. The normalized spacial score (nSPS) is 10.6. The van der Waals surface area contributed by atoms with Crippen molar-refractivity contribution in [3.63, 3.8) is 0 Å². The van der Waals surface area contributed by atoms with Crippen LogP contribution in [0.5, 0.6) is 11.5 Å². The lowest BCUT2D eigenvalue weighted by Gasteiger charge is -2.15. The van der Waals surface area contributed by atoms with Crippen molar-refractivity contribution in [3.8, 4) is 17.2 Å². The molecular weight excluding hydrogens is 334 g/mol. The van der Waals surface area contributed by atoms with Crippen molar-refractivity contribution < 1.29 is 19.0 Å². The van der Waals surface area contributed by atoms with E-state index in [0.29, 0.717) is 22.4 Å². The second-order valence-electron chi connectivity index (χ2n) is 5.52. The van der Waals surface area contributed by atoms with Crippen molar-refractivity contribution in [2.24, 2.45) is 0 Å². The summed E-state index contributed by atoms with van der Waals surface area (Å²) in [5.74, 6) is 0.496. The molecule has 0 aliphatic carbocycles. The van der Waals surface area contributed by atoms with Crippen LogP contribution in [0.2, 0.25) is 0 Å². The molecule has 0 atom stereocenters. The number of nitrogens with zero attached hydrogens (tertiary/aromatic N) is 1. The number of esters is 1. The molecule has 0 spiro atoms. The van der Waals surface area contributed by atoms with E-state index in [2.05, 4.69) is 0 Å². The van der Waals surface area contributed by atoms with Crippen LogP contribution in [0, 0.1) is 0 Å². The van der Waals surface area contributed by atoms with E-state index < -0.39 is 5.97 Å². The summed E-state index contributed by atoms with van der Waals surface area (Å²) in [5, 5.41) is 0.438. The van der Waals surface area contributed by atoms with Gasteiger partial charge in [-0.1, -0.05) is 12.1 Å². The lowest BCUT2D eigenvalue weighted by molar-refractivity contribution is 0.0524. The van der Waals surface area contributed by atoms with Gasteiger partial charge in [0.05, 0.1) is 26.3 Å². The first-order chi connectivity index (χ1) is 12.6. The first kappa shape index (κ1) is 17.5. The maximum absolute atomic E-state index is 12.7. The second kappa shape index (κ2) is 7.31. The van der Waals surface area contributed by atoms with E-state index in [-0.39, 0.29) is 17.6 Å². The number of rotatable bonds is 5. The second-order valence-corrected chi connectivity index (χ2v) is 5.52. The number of aromatic nitrogens is 1. The fraction of sp³-hybridized carbons (Fsp3) is 0.200. The van der Waals surface area contributed by atoms with Gasteiger partial charge in [0.2, 0.25) is 5.43 Å². The topological polar surface area (TPSA) is 66.8 Å². The zero-order valence-corrected chi connectivity index (χ0v) is 14.8. The van der Waals surface area contributed by atoms with Crippen LogP contribution in [-0.2, 0) is 4.74 Å². The Hall–Kier alpha value is -3.28. The third-order valence-electron chi connectivity index (χ3n) is 4.05. The fourth-order valence-corrected chi connectivity index (χ4v) is 2.82. The van der Waals surface area contributed by atoms with Crippen molar-refractivity contribution in [1.29, 1.82) is 0 Å². The SMILES string of the molecule is CCOC(=O)c1cn(-c2ccc(OC)c(OC)c2)c2ccccc2c1=O. The molecule has 0 bridgehead atoms. The first-order valence-electron chi connectivity index (χ1n) is 8.14. The maximum Gasteiger partial charge on any atom is 0.343 e. The highest BCUT2D eigenvalue weighted by atomic mass is 16.5. The van der Waals surface area contributed by atoms with Gasteiger partial charge in [-0.25, -0.2) is 4.79 Å². The molecule has 2 aromatic carbocycles. The lowest BCUT2D eigenvalue weighted by Crippen LogP contribution is -2.20. The molecule has 1 heterocycles. The van der Waals surface area contributed by atoms with Crippen molar-refractivity contribution >= 4 is 16.9 Å². The van der Waals surface area contributed by atoms with Gasteiger partial charge in [0.25, 0.3) is 0 Å².